The molecule has 156 valence electrons. The van der Waals surface area contributed by atoms with Crippen molar-refractivity contribution < 1.29 is 23.8 Å². The largest absolute Gasteiger partial charge is 0.493 e. The molecule has 0 atom stereocenters. The van der Waals surface area contributed by atoms with Crippen molar-refractivity contribution in [3.8, 4) is 17.2 Å². The van der Waals surface area contributed by atoms with Gasteiger partial charge in [0, 0.05) is 18.1 Å². The normalized spacial score (nSPS) is 10.4. The van der Waals surface area contributed by atoms with Gasteiger partial charge in [-0.3, -0.25) is 4.79 Å². The number of carbonyl (C=O) groups excluding carboxylic acids is 2. The Bertz CT molecular complexity index is 767. The van der Waals surface area contributed by atoms with Crippen LogP contribution in [0.3, 0.4) is 0 Å². The molecule has 0 aromatic heterocycles. The number of rotatable bonds is 13. The smallest absolute Gasteiger partial charge is 0.349 e. The van der Waals surface area contributed by atoms with Crippen LogP contribution in [-0.2, 0) is 4.79 Å². The van der Waals surface area contributed by atoms with Crippen LogP contribution < -0.4 is 14.2 Å². The SMILES string of the molecule is CCCCCCCOc1cccc(OCC(=O)Oc2ccc(C(=O)CC)cc2)c1. The second-order valence-electron chi connectivity index (χ2n) is 6.80. The molecule has 0 bridgehead atoms. The lowest BCUT2D eigenvalue weighted by atomic mass is 10.1. The first-order chi connectivity index (χ1) is 14.1. The molecule has 2 rings (SSSR count). The van der Waals surface area contributed by atoms with Gasteiger partial charge in [0.1, 0.15) is 17.2 Å². The topological polar surface area (TPSA) is 61.8 Å². The third-order valence-electron chi connectivity index (χ3n) is 4.41. The monoisotopic (exact) mass is 398 g/mol. The minimum Gasteiger partial charge on any atom is -0.493 e. The van der Waals surface area contributed by atoms with E-state index < -0.39 is 5.97 Å². The van der Waals surface area contributed by atoms with Crippen LogP contribution in [0, 0.1) is 0 Å². The summed E-state index contributed by atoms with van der Waals surface area (Å²) in [7, 11) is 0. The molecule has 29 heavy (non-hydrogen) atoms. The summed E-state index contributed by atoms with van der Waals surface area (Å²) < 4.78 is 16.5. The number of esters is 1. The number of Topliss-reactive ketones (excluding diaryl/α,β-unsaturated/α-hetero) is 1. The summed E-state index contributed by atoms with van der Waals surface area (Å²) in [5.41, 5.74) is 0.603. The van der Waals surface area contributed by atoms with Crippen LogP contribution in [0.2, 0.25) is 0 Å². The zero-order valence-corrected chi connectivity index (χ0v) is 17.3. The summed E-state index contributed by atoms with van der Waals surface area (Å²) in [6.45, 7) is 4.46. The average Bonchev–Trinajstić information content (AvgIpc) is 2.75. The molecular formula is C24H30O5. The molecule has 5 nitrogen and oxygen atoms in total. The molecule has 5 heteroatoms. The zero-order chi connectivity index (χ0) is 20.9. The van der Waals surface area contributed by atoms with E-state index in [1.165, 1.54) is 25.7 Å². The van der Waals surface area contributed by atoms with E-state index in [2.05, 4.69) is 6.92 Å². The Morgan fingerprint density at radius 3 is 2.17 bits per heavy atom. The number of ether oxygens (including phenoxy) is 3. The number of benzene rings is 2. The highest BCUT2D eigenvalue weighted by Gasteiger charge is 2.08. The molecule has 0 aliphatic heterocycles. The Morgan fingerprint density at radius 1 is 0.793 bits per heavy atom. The molecule has 0 heterocycles. The van der Waals surface area contributed by atoms with Gasteiger partial charge in [-0.25, -0.2) is 4.79 Å². The predicted molar refractivity (Wildman–Crippen MR) is 113 cm³/mol. The summed E-state index contributed by atoms with van der Waals surface area (Å²) in [5.74, 6) is 1.19. The summed E-state index contributed by atoms with van der Waals surface area (Å²) >= 11 is 0. The van der Waals surface area contributed by atoms with Gasteiger partial charge in [0.25, 0.3) is 0 Å². The number of hydrogen-bond donors (Lipinski definition) is 0. The average molecular weight is 398 g/mol. The van der Waals surface area contributed by atoms with Crippen LogP contribution in [0.5, 0.6) is 17.2 Å². The van der Waals surface area contributed by atoms with Crippen molar-refractivity contribution in [1.29, 1.82) is 0 Å². The zero-order valence-electron chi connectivity index (χ0n) is 17.3. The quantitative estimate of drug-likeness (QED) is 0.190. The van der Waals surface area contributed by atoms with Gasteiger partial charge < -0.3 is 14.2 Å². The highest BCUT2D eigenvalue weighted by Crippen LogP contribution is 2.20. The number of carbonyl (C=O) groups is 2. The highest BCUT2D eigenvalue weighted by molar-refractivity contribution is 5.95. The summed E-state index contributed by atoms with van der Waals surface area (Å²) in [5, 5.41) is 0. The summed E-state index contributed by atoms with van der Waals surface area (Å²) in [6.07, 6.45) is 6.37. The molecular weight excluding hydrogens is 368 g/mol. The van der Waals surface area contributed by atoms with Gasteiger partial charge in [0.15, 0.2) is 12.4 Å². The minimum absolute atomic E-state index is 0.0502. The molecule has 0 aliphatic carbocycles. The molecule has 0 fully saturated rings. The van der Waals surface area contributed by atoms with Crippen molar-refractivity contribution >= 4 is 11.8 Å². The summed E-state index contributed by atoms with van der Waals surface area (Å²) in [4.78, 5) is 23.6. The fourth-order valence-corrected chi connectivity index (χ4v) is 2.77. The Labute approximate surface area is 173 Å². The first kappa shape index (κ1) is 22.5. The molecule has 2 aromatic carbocycles. The minimum atomic E-state index is -0.512. The van der Waals surface area contributed by atoms with Gasteiger partial charge in [-0.2, -0.15) is 0 Å². The van der Waals surface area contributed by atoms with Gasteiger partial charge in [-0.15, -0.1) is 0 Å². The molecule has 0 aliphatic rings. The fourth-order valence-electron chi connectivity index (χ4n) is 2.77. The van der Waals surface area contributed by atoms with E-state index in [0.29, 0.717) is 30.1 Å². The summed E-state index contributed by atoms with van der Waals surface area (Å²) in [6, 6.07) is 13.8. The van der Waals surface area contributed by atoms with Crippen molar-refractivity contribution in [2.24, 2.45) is 0 Å². The maximum absolute atomic E-state index is 12.0. The Hall–Kier alpha value is -2.82. The lowest BCUT2D eigenvalue weighted by molar-refractivity contribution is -0.136. The van der Waals surface area contributed by atoms with Crippen LogP contribution in [0.25, 0.3) is 0 Å². The van der Waals surface area contributed by atoms with Crippen molar-refractivity contribution in [3.05, 3.63) is 54.1 Å². The third kappa shape index (κ3) is 8.38. The van der Waals surface area contributed by atoms with Gasteiger partial charge in [-0.05, 0) is 42.8 Å². The van der Waals surface area contributed by atoms with E-state index in [9.17, 15) is 9.59 Å². The van der Waals surface area contributed by atoms with Crippen LogP contribution in [0.1, 0.15) is 62.7 Å². The molecule has 0 saturated carbocycles. The molecule has 2 aromatic rings. The first-order valence-electron chi connectivity index (χ1n) is 10.3. The van der Waals surface area contributed by atoms with Crippen LogP contribution >= 0.6 is 0 Å². The number of ketones is 1. The van der Waals surface area contributed by atoms with Gasteiger partial charge >= 0.3 is 5.97 Å². The van der Waals surface area contributed by atoms with Crippen LogP contribution in [0.4, 0.5) is 0 Å². The molecule has 0 radical (unpaired) electrons. The van der Waals surface area contributed by atoms with Gasteiger partial charge in [0.05, 0.1) is 6.61 Å². The fraction of sp³-hybridized carbons (Fsp3) is 0.417. The predicted octanol–water partition coefficient (Wildman–Crippen LogP) is 5.61. The molecule has 0 spiro atoms. The van der Waals surface area contributed by atoms with E-state index in [4.69, 9.17) is 14.2 Å². The van der Waals surface area contributed by atoms with E-state index in [-0.39, 0.29) is 12.4 Å². The van der Waals surface area contributed by atoms with Gasteiger partial charge in [0.2, 0.25) is 0 Å². The number of unbranched alkanes of at least 4 members (excludes halogenated alkanes) is 4. The molecule has 0 unspecified atom stereocenters. The second-order valence-corrected chi connectivity index (χ2v) is 6.80. The van der Waals surface area contributed by atoms with E-state index in [1.54, 1.807) is 43.3 Å². The maximum atomic E-state index is 12.0. The van der Waals surface area contributed by atoms with E-state index in [0.717, 1.165) is 12.2 Å². The molecule has 0 amide bonds. The lowest BCUT2D eigenvalue weighted by Gasteiger charge is -2.10. The number of hydrogen-bond acceptors (Lipinski definition) is 5. The second kappa shape index (κ2) is 12.6. The third-order valence-corrected chi connectivity index (χ3v) is 4.41. The maximum Gasteiger partial charge on any atom is 0.349 e. The Kier molecular flexibility index (Phi) is 9.76. The highest BCUT2D eigenvalue weighted by atomic mass is 16.6. The van der Waals surface area contributed by atoms with E-state index >= 15 is 0 Å². The van der Waals surface area contributed by atoms with Crippen molar-refractivity contribution in [2.75, 3.05) is 13.2 Å². The Balaban J connectivity index is 1.74. The molecule has 0 saturated heterocycles. The first-order valence-corrected chi connectivity index (χ1v) is 10.3. The van der Waals surface area contributed by atoms with Crippen LogP contribution in [-0.4, -0.2) is 25.0 Å². The Morgan fingerprint density at radius 2 is 1.48 bits per heavy atom. The van der Waals surface area contributed by atoms with Gasteiger partial charge in [-0.1, -0.05) is 45.6 Å². The molecule has 0 N–H and O–H groups in total. The van der Waals surface area contributed by atoms with E-state index in [1.807, 2.05) is 12.1 Å². The van der Waals surface area contributed by atoms with Crippen molar-refractivity contribution in [1.82, 2.24) is 0 Å². The van der Waals surface area contributed by atoms with Crippen molar-refractivity contribution in [2.45, 2.75) is 52.4 Å². The standard InChI is InChI=1S/C24H30O5/c1-3-5-6-7-8-16-27-21-10-9-11-22(17-21)28-18-24(26)29-20-14-12-19(13-15-20)23(25)4-2/h9-15,17H,3-8,16,18H2,1-2H3. The van der Waals surface area contributed by atoms with Crippen LogP contribution in [0.15, 0.2) is 48.5 Å². The lowest BCUT2D eigenvalue weighted by Crippen LogP contribution is -2.17. The van der Waals surface area contributed by atoms with Crippen molar-refractivity contribution in [3.63, 3.8) is 0 Å².